The molecule has 22 heavy (non-hydrogen) atoms. The number of halogens is 1. The number of carboxylic acid groups (broad SMARTS) is 1. The van der Waals surface area contributed by atoms with Crippen molar-refractivity contribution in [2.24, 2.45) is 0 Å². The zero-order valence-electron chi connectivity index (χ0n) is 13.2. The van der Waals surface area contributed by atoms with Crippen LogP contribution in [-0.2, 0) is 0 Å². The Labute approximate surface area is 142 Å². The summed E-state index contributed by atoms with van der Waals surface area (Å²) >= 11 is 3.45. The number of hydrogen-bond donors (Lipinski definition) is 1. The Bertz CT molecular complexity index is 401. The van der Waals surface area contributed by atoms with E-state index in [0.29, 0.717) is 12.2 Å². The Morgan fingerprint density at radius 2 is 1.45 bits per heavy atom. The lowest BCUT2D eigenvalue weighted by Crippen LogP contribution is -2.30. The normalized spacial score (nSPS) is 10.6. The van der Waals surface area contributed by atoms with E-state index in [1.807, 2.05) is 0 Å². The summed E-state index contributed by atoms with van der Waals surface area (Å²) in [6, 6.07) is 3.47. The van der Waals surface area contributed by atoms with E-state index in [1.54, 1.807) is 24.5 Å². The van der Waals surface area contributed by atoms with Gasteiger partial charge in [0.1, 0.15) is 0 Å². The lowest BCUT2D eigenvalue weighted by Gasteiger charge is -2.18. The number of rotatable bonds is 12. The average Bonchev–Trinajstić information content (AvgIpc) is 2.53. The molecule has 0 bridgehead atoms. The summed E-state index contributed by atoms with van der Waals surface area (Å²) in [7, 11) is 0. The fourth-order valence-corrected chi connectivity index (χ4v) is 2.86. The van der Waals surface area contributed by atoms with Crippen LogP contribution in [0.3, 0.4) is 0 Å². The first-order valence-electron chi connectivity index (χ1n) is 8.22. The molecule has 0 aliphatic heterocycles. The molecule has 124 valence electrons. The van der Waals surface area contributed by atoms with E-state index in [-0.39, 0.29) is 0 Å². The molecule has 4 nitrogen and oxygen atoms in total. The van der Waals surface area contributed by atoms with Gasteiger partial charge >= 0.3 is 6.09 Å². The van der Waals surface area contributed by atoms with Gasteiger partial charge in [-0.15, -0.1) is 0 Å². The predicted molar refractivity (Wildman–Crippen MR) is 95.0 cm³/mol. The summed E-state index contributed by atoms with van der Waals surface area (Å²) < 4.78 is 0. The molecule has 1 aromatic heterocycles. The van der Waals surface area contributed by atoms with E-state index in [0.717, 1.165) is 18.2 Å². The van der Waals surface area contributed by atoms with Crippen molar-refractivity contribution in [1.29, 1.82) is 0 Å². The number of amides is 1. The monoisotopic (exact) mass is 370 g/mol. The van der Waals surface area contributed by atoms with E-state index in [2.05, 4.69) is 20.9 Å². The standard InChI is InChI=1S/C17H27BrN2O2/c18-12-8-6-4-2-1-3-5-7-9-15-20(17(21)22)16-10-13-19-14-11-16/h10-11,13-14H,1-9,12,15H2,(H,21,22). The number of anilines is 1. The maximum atomic E-state index is 11.3. The Balaban J connectivity index is 2.08. The SMILES string of the molecule is O=C(O)N(CCCCCCCCCCCBr)c1ccncc1. The first-order valence-corrected chi connectivity index (χ1v) is 9.34. The summed E-state index contributed by atoms with van der Waals surface area (Å²) in [5.74, 6) is 0. The van der Waals surface area contributed by atoms with Gasteiger partial charge in [0, 0.05) is 24.3 Å². The summed E-state index contributed by atoms with van der Waals surface area (Å²) in [5, 5.41) is 10.4. The van der Waals surface area contributed by atoms with Gasteiger partial charge in [0.25, 0.3) is 0 Å². The van der Waals surface area contributed by atoms with Crippen molar-refractivity contribution >= 4 is 27.7 Å². The summed E-state index contributed by atoms with van der Waals surface area (Å²) in [4.78, 5) is 16.6. The highest BCUT2D eigenvalue weighted by molar-refractivity contribution is 9.09. The minimum atomic E-state index is -0.891. The van der Waals surface area contributed by atoms with Gasteiger partial charge in [-0.1, -0.05) is 60.9 Å². The number of hydrogen-bond acceptors (Lipinski definition) is 2. The summed E-state index contributed by atoms with van der Waals surface area (Å²) in [6.45, 7) is 0.560. The highest BCUT2D eigenvalue weighted by Crippen LogP contribution is 2.15. The Kier molecular flexibility index (Phi) is 10.7. The van der Waals surface area contributed by atoms with Crippen LogP contribution in [0.2, 0.25) is 0 Å². The smallest absolute Gasteiger partial charge is 0.411 e. The maximum Gasteiger partial charge on any atom is 0.411 e. The topological polar surface area (TPSA) is 53.4 Å². The molecular weight excluding hydrogens is 344 g/mol. The number of pyridine rings is 1. The largest absolute Gasteiger partial charge is 0.465 e. The van der Waals surface area contributed by atoms with Crippen molar-refractivity contribution in [1.82, 2.24) is 4.98 Å². The van der Waals surface area contributed by atoms with E-state index in [4.69, 9.17) is 0 Å². The van der Waals surface area contributed by atoms with Crippen LogP contribution in [0.25, 0.3) is 0 Å². The van der Waals surface area contributed by atoms with Gasteiger partial charge in [0.15, 0.2) is 0 Å². The van der Waals surface area contributed by atoms with Gasteiger partial charge in [-0.05, 0) is 25.0 Å². The molecule has 0 aliphatic carbocycles. The highest BCUT2D eigenvalue weighted by atomic mass is 79.9. The molecule has 0 spiro atoms. The minimum absolute atomic E-state index is 0.560. The van der Waals surface area contributed by atoms with Crippen LogP contribution < -0.4 is 4.90 Å². The fraction of sp³-hybridized carbons (Fsp3) is 0.647. The molecule has 0 aromatic carbocycles. The van der Waals surface area contributed by atoms with Crippen molar-refractivity contribution < 1.29 is 9.90 Å². The van der Waals surface area contributed by atoms with Gasteiger partial charge < -0.3 is 5.11 Å². The van der Waals surface area contributed by atoms with Crippen molar-refractivity contribution in [3.63, 3.8) is 0 Å². The number of aromatic nitrogens is 1. The molecule has 0 saturated carbocycles. The zero-order valence-corrected chi connectivity index (χ0v) is 14.8. The summed E-state index contributed by atoms with van der Waals surface area (Å²) in [5.41, 5.74) is 0.703. The van der Waals surface area contributed by atoms with E-state index in [9.17, 15) is 9.90 Å². The van der Waals surface area contributed by atoms with Crippen molar-refractivity contribution in [3.8, 4) is 0 Å². The minimum Gasteiger partial charge on any atom is -0.465 e. The van der Waals surface area contributed by atoms with Crippen LogP contribution in [-0.4, -0.2) is 28.1 Å². The van der Waals surface area contributed by atoms with Crippen LogP contribution in [0.1, 0.15) is 57.8 Å². The Hall–Kier alpha value is -1.10. The molecule has 1 rings (SSSR count). The molecule has 0 radical (unpaired) electrons. The van der Waals surface area contributed by atoms with E-state index >= 15 is 0 Å². The number of nitrogens with zero attached hydrogens (tertiary/aromatic N) is 2. The maximum absolute atomic E-state index is 11.3. The molecule has 0 saturated heterocycles. The molecule has 0 unspecified atom stereocenters. The predicted octanol–water partition coefficient (Wildman–Crippen LogP) is 5.47. The molecule has 1 heterocycles. The molecule has 0 fully saturated rings. The van der Waals surface area contributed by atoms with Gasteiger partial charge in [0.2, 0.25) is 0 Å². The first-order chi connectivity index (χ1) is 10.8. The van der Waals surface area contributed by atoms with Crippen molar-refractivity contribution in [2.45, 2.75) is 57.8 Å². The molecule has 1 N–H and O–H groups in total. The fourth-order valence-electron chi connectivity index (χ4n) is 2.46. The number of unbranched alkanes of at least 4 members (excludes halogenated alkanes) is 8. The van der Waals surface area contributed by atoms with Crippen LogP contribution >= 0.6 is 15.9 Å². The van der Waals surface area contributed by atoms with Crippen molar-refractivity contribution in [2.75, 3.05) is 16.8 Å². The third-order valence-electron chi connectivity index (χ3n) is 3.72. The average molecular weight is 371 g/mol. The van der Waals surface area contributed by atoms with Gasteiger partial charge in [-0.2, -0.15) is 0 Å². The Morgan fingerprint density at radius 3 is 1.95 bits per heavy atom. The second kappa shape index (κ2) is 12.4. The third kappa shape index (κ3) is 8.37. The Morgan fingerprint density at radius 1 is 0.955 bits per heavy atom. The molecule has 5 heteroatoms. The van der Waals surface area contributed by atoms with E-state index in [1.165, 1.54) is 49.8 Å². The first kappa shape index (κ1) is 18.9. The number of alkyl halides is 1. The molecule has 0 atom stereocenters. The summed E-state index contributed by atoms with van der Waals surface area (Å²) in [6.07, 6.45) is 13.4. The zero-order chi connectivity index (χ0) is 16.0. The third-order valence-corrected chi connectivity index (χ3v) is 4.28. The molecule has 0 aliphatic rings. The van der Waals surface area contributed by atoms with Gasteiger partial charge in [-0.3, -0.25) is 9.88 Å². The quantitative estimate of drug-likeness (QED) is 0.391. The van der Waals surface area contributed by atoms with Crippen LogP contribution in [0, 0.1) is 0 Å². The second-order valence-electron chi connectivity index (χ2n) is 5.51. The second-order valence-corrected chi connectivity index (χ2v) is 6.30. The van der Waals surface area contributed by atoms with Crippen LogP contribution in [0.15, 0.2) is 24.5 Å². The van der Waals surface area contributed by atoms with Crippen molar-refractivity contribution in [3.05, 3.63) is 24.5 Å². The number of carbonyl (C=O) groups is 1. The van der Waals surface area contributed by atoms with Gasteiger partial charge in [0.05, 0.1) is 5.69 Å². The lowest BCUT2D eigenvalue weighted by molar-refractivity contribution is 0.201. The molecule has 1 amide bonds. The van der Waals surface area contributed by atoms with Gasteiger partial charge in [-0.25, -0.2) is 4.79 Å². The van der Waals surface area contributed by atoms with E-state index < -0.39 is 6.09 Å². The lowest BCUT2D eigenvalue weighted by atomic mass is 10.1. The highest BCUT2D eigenvalue weighted by Gasteiger charge is 2.12. The molecular formula is C17H27BrN2O2. The van der Waals surface area contributed by atoms with Crippen LogP contribution in [0.5, 0.6) is 0 Å². The van der Waals surface area contributed by atoms with Crippen LogP contribution in [0.4, 0.5) is 10.5 Å². The molecule has 1 aromatic rings.